The lowest BCUT2D eigenvalue weighted by atomic mass is 10.1. The minimum Gasteiger partial charge on any atom is -0.481 e. The highest BCUT2D eigenvalue weighted by molar-refractivity contribution is 7.90. The van der Waals surface area contributed by atoms with Gasteiger partial charge in [0.2, 0.25) is 5.89 Å². The van der Waals surface area contributed by atoms with E-state index in [9.17, 15) is 13.2 Å². The molecule has 1 aliphatic carbocycles. The van der Waals surface area contributed by atoms with Crippen LogP contribution in [-0.2, 0) is 14.6 Å². The van der Waals surface area contributed by atoms with Crippen molar-refractivity contribution in [1.82, 2.24) is 10.1 Å². The van der Waals surface area contributed by atoms with Gasteiger partial charge in [-0.25, -0.2) is 8.42 Å². The van der Waals surface area contributed by atoms with Crippen molar-refractivity contribution < 1.29 is 22.8 Å². The Bertz CT molecular complexity index is 580. The highest BCUT2D eigenvalue weighted by atomic mass is 32.2. The molecule has 1 heterocycles. The molecule has 3 unspecified atom stereocenters. The fraction of sp³-hybridized carbons (Fsp3) is 0.727. The van der Waals surface area contributed by atoms with Crippen LogP contribution in [0.2, 0.25) is 0 Å². The van der Waals surface area contributed by atoms with E-state index in [1.54, 1.807) is 0 Å². The molecule has 0 aromatic carbocycles. The summed E-state index contributed by atoms with van der Waals surface area (Å²) in [6.07, 6.45) is 2.83. The Kier molecular flexibility index (Phi) is 3.62. The van der Waals surface area contributed by atoms with E-state index in [0.29, 0.717) is 25.2 Å². The van der Waals surface area contributed by atoms with E-state index in [1.807, 2.05) is 0 Å². The number of nitrogens with zero attached hydrogens (tertiary/aromatic N) is 2. The summed E-state index contributed by atoms with van der Waals surface area (Å²) in [5.74, 6) is -0.806. The molecule has 1 N–H and O–H groups in total. The number of sulfone groups is 1. The van der Waals surface area contributed by atoms with E-state index in [0.717, 1.165) is 6.26 Å². The SMILES string of the molecule is CC(c1noc(C2CCC(C(=O)O)C2)n1)S(C)(=O)=O. The van der Waals surface area contributed by atoms with Gasteiger partial charge in [-0.15, -0.1) is 0 Å². The van der Waals surface area contributed by atoms with Crippen molar-refractivity contribution in [2.24, 2.45) is 5.92 Å². The molecule has 0 bridgehead atoms. The molecule has 1 fully saturated rings. The third-order valence-corrected chi connectivity index (χ3v) is 5.09. The summed E-state index contributed by atoms with van der Waals surface area (Å²) < 4.78 is 27.9. The summed E-state index contributed by atoms with van der Waals surface area (Å²) in [4.78, 5) is 15.0. The van der Waals surface area contributed by atoms with Gasteiger partial charge in [0.15, 0.2) is 15.7 Å². The highest BCUT2D eigenvalue weighted by Crippen LogP contribution is 2.38. The first kappa shape index (κ1) is 14.0. The van der Waals surface area contributed by atoms with Crippen LogP contribution in [0.4, 0.5) is 0 Å². The zero-order valence-electron chi connectivity index (χ0n) is 10.7. The monoisotopic (exact) mass is 288 g/mol. The van der Waals surface area contributed by atoms with Crippen molar-refractivity contribution in [2.75, 3.05) is 6.26 Å². The first-order chi connectivity index (χ1) is 8.79. The molecule has 0 radical (unpaired) electrons. The van der Waals surface area contributed by atoms with Gasteiger partial charge in [-0.3, -0.25) is 4.79 Å². The largest absolute Gasteiger partial charge is 0.481 e. The molecule has 0 spiro atoms. The normalized spacial score (nSPS) is 25.4. The maximum absolute atomic E-state index is 11.4. The third kappa shape index (κ3) is 2.94. The first-order valence-corrected chi connectivity index (χ1v) is 7.99. The zero-order chi connectivity index (χ0) is 14.2. The molecule has 0 saturated heterocycles. The number of carboxylic acid groups (broad SMARTS) is 1. The Morgan fingerprint density at radius 3 is 2.68 bits per heavy atom. The smallest absolute Gasteiger partial charge is 0.306 e. The number of carboxylic acids is 1. The molecule has 7 nitrogen and oxygen atoms in total. The predicted octanol–water partition coefficient (Wildman–Crippen LogP) is 1.14. The first-order valence-electron chi connectivity index (χ1n) is 6.04. The lowest BCUT2D eigenvalue weighted by molar-refractivity contribution is -0.141. The van der Waals surface area contributed by atoms with Crippen LogP contribution in [0.25, 0.3) is 0 Å². The topological polar surface area (TPSA) is 110 Å². The van der Waals surface area contributed by atoms with Crippen molar-refractivity contribution in [3.05, 3.63) is 11.7 Å². The van der Waals surface area contributed by atoms with Crippen molar-refractivity contribution in [3.63, 3.8) is 0 Å². The highest BCUT2D eigenvalue weighted by Gasteiger charge is 2.34. The third-order valence-electron chi connectivity index (χ3n) is 3.59. The van der Waals surface area contributed by atoms with Crippen LogP contribution in [0.5, 0.6) is 0 Å². The molecule has 0 amide bonds. The van der Waals surface area contributed by atoms with E-state index in [1.165, 1.54) is 6.92 Å². The summed E-state index contributed by atoms with van der Waals surface area (Å²) in [7, 11) is -3.27. The van der Waals surface area contributed by atoms with Crippen LogP contribution in [0, 0.1) is 5.92 Å². The van der Waals surface area contributed by atoms with Gasteiger partial charge in [0.05, 0.1) is 5.92 Å². The molecule has 19 heavy (non-hydrogen) atoms. The molecule has 1 aliphatic rings. The Balaban J connectivity index is 2.12. The van der Waals surface area contributed by atoms with Gasteiger partial charge in [0.1, 0.15) is 5.25 Å². The van der Waals surface area contributed by atoms with Gasteiger partial charge < -0.3 is 9.63 Å². The number of aliphatic carboxylic acids is 1. The minimum atomic E-state index is -3.27. The van der Waals surface area contributed by atoms with Crippen molar-refractivity contribution >= 4 is 15.8 Å². The summed E-state index contributed by atoms with van der Waals surface area (Å²) in [6, 6.07) is 0. The second-order valence-electron chi connectivity index (χ2n) is 5.01. The molecule has 1 saturated carbocycles. The Hall–Kier alpha value is -1.44. The molecular formula is C11H16N2O5S. The molecule has 3 atom stereocenters. The molecule has 2 rings (SSSR count). The maximum Gasteiger partial charge on any atom is 0.306 e. The lowest BCUT2D eigenvalue weighted by Crippen LogP contribution is -2.10. The number of hydrogen-bond acceptors (Lipinski definition) is 6. The number of aromatic nitrogens is 2. The van der Waals surface area contributed by atoms with Crippen LogP contribution in [0.1, 0.15) is 49.1 Å². The van der Waals surface area contributed by atoms with Crippen LogP contribution in [0.3, 0.4) is 0 Å². The second kappa shape index (κ2) is 4.92. The molecule has 0 aliphatic heterocycles. The van der Waals surface area contributed by atoms with E-state index in [4.69, 9.17) is 9.63 Å². The molecule has 106 valence electrons. The quantitative estimate of drug-likeness (QED) is 0.884. The van der Waals surface area contributed by atoms with E-state index >= 15 is 0 Å². The van der Waals surface area contributed by atoms with Crippen LogP contribution >= 0.6 is 0 Å². The lowest BCUT2D eigenvalue weighted by Gasteiger charge is -2.03. The van der Waals surface area contributed by atoms with E-state index in [-0.39, 0.29) is 17.7 Å². The fourth-order valence-electron chi connectivity index (χ4n) is 2.20. The van der Waals surface area contributed by atoms with Gasteiger partial charge in [0.25, 0.3) is 0 Å². The van der Waals surface area contributed by atoms with Gasteiger partial charge in [0, 0.05) is 12.2 Å². The second-order valence-corrected chi connectivity index (χ2v) is 7.37. The summed E-state index contributed by atoms with van der Waals surface area (Å²) in [5, 5.41) is 11.8. The summed E-state index contributed by atoms with van der Waals surface area (Å²) >= 11 is 0. The Morgan fingerprint density at radius 1 is 1.47 bits per heavy atom. The van der Waals surface area contributed by atoms with Gasteiger partial charge >= 0.3 is 5.97 Å². The summed E-state index contributed by atoms with van der Waals surface area (Å²) in [6.45, 7) is 1.50. The van der Waals surface area contributed by atoms with Crippen molar-refractivity contribution in [1.29, 1.82) is 0 Å². The van der Waals surface area contributed by atoms with Gasteiger partial charge in [-0.05, 0) is 26.2 Å². The molecule has 8 heteroatoms. The van der Waals surface area contributed by atoms with Gasteiger partial charge in [-0.1, -0.05) is 5.16 Å². The number of rotatable bonds is 4. The van der Waals surface area contributed by atoms with Gasteiger partial charge in [-0.2, -0.15) is 4.98 Å². The van der Waals surface area contributed by atoms with Crippen LogP contribution in [-0.4, -0.2) is 35.9 Å². The van der Waals surface area contributed by atoms with Crippen molar-refractivity contribution in [2.45, 2.75) is 37.4 Å². The zero-order valence-corrected chi connectivity index (χ0v) is 11.6. The standard InChI is InChI=1S/C11H16N2O5S/c1-6(19(2,16)17)9-12-10(18-13-9)7-3-4-8(5-7)11(14)15/h6-8H,3-5H2,1-2H3,(H,14,15). The average Bonchev–Trinajstić information content (AvgIpc) is 2.95. The summed E-state index contributed by atoms with van der Waals surface area (Å²) in [5.41, 5.74) is 0. The molecule has 1 aromatic rings. The predicted molar refractivity (Wildman–Crippen MR) is 65.3 cm³/mol. The van der Waals surface area contributed by atoms with E-state index < -0.39 is 21.1 Å². The van der Waals surface area contributed by atoms with Crippen molar-refractivity contribution in [3.8, 4) is 0 Å². The number of hydrogen-bond donors (Lipinski definition) is 1. The average molecular weight is 288 g/mol. The number of carbonyl (C=O) groups is 1. The maximum atomic E-state index is 11.4. The molecular weight excluding hydrogens is 272 g/mol. The Labute approximate surface area is 110 Å². The van der Waals surface area contributed by atoms with E-state index in [2.05, 4.69) is 10.1 Å². The van der Waals surface area contributed by atoms with Crippen LogP contribution < -0.4 is 0 Å². The minimum absolute atomic E-state index is 0.0888. The van der Waals surface area contributed by atoms with Crippen LogP contribution in [0.15, 0.2) is 4.52 Å². The molecule has 1 aromatic heterocycles. The fourth-order valence-corrected chi connectivity index (χ4v) is 2.68. The Morgan fingerprint density at radius 2 is 2.16 bits per heavy atom.